The molecule has 1 amide bonds. The molecule has 96 valence electrons. The molecule has 6 heteroatoms. The van der Waals surface area contributed by atoms with Crippen LogP contribution >= 0.6 is 11.3 Å². The van der Waals surface area contributed by atoms with E-state index in [4.69, 9.17) is 0 Å². The molecule has 0 unspecified atom stereocenters. The highest BCUT2D eigenvalue weighted by Gasteiger charge is 2.20. The van der Waals surface area contributed by atoms with Crippen LogP contribution in [0.4, 0.5) is 0 Å². The molecule has 3 heterocycles. The van der Waals surface area contributed by atoms with Crippen molar-refractivity contribution in [1.29, 1.82) is 0 Å². The van der Waals surface area contributed by atoms with Gasteiger partial charge in [-0.05, 0) is 19.9 Å². The Bertz CT molecular complexity index is 566. The van der Waals surface area contributed by atoms with Crippen molar-refractivity contribution < 1.29 is 4.79 Å². The number of hydrogen-bond donors (Lipinski definition) is 1. The van der Waals surface area contributed by atoms with Gasteiger partial charge >= 0.3 is 0 Å². The molecule has 5 nitrogen and oxygen atoms in total. The number of rotatable bonds is 1. The molecule has 0 bridgehead atoms. The van der Waals surface area contributed by atoms with Crippen molar-refractivity contribution in [2.24, 2.45) is 0 Å². The summed E-state index contributed by atoms with van der Waals surface area (Å²) in [6.45, 7) is 5.46. The number of amides is 1. The van der Waals surface area contributed by atoms with Gasteiger partial charge in [0.05, 0.1) is 0 Å². The minimum atomic E-state index is 0.0500. The largest absolute Gasteiger partial charge is 0.336 e. The van der Waals surface area contributed by atoms with Gasteiger partial charge in [0.1, 0.15) is 5.69 Å². The molecular weight excluding hydrogens is 248 g/mol. The van der Waals surface area contributed by atoms with E-state index in [2.05, 4.69) is 10.3 Å². The van der Waals surface area contributed by atoms with E-state index in [0.29, 0.717) is 5.69 Å². The number of imidazole rings is 1. The minimum absolute atomic E-state index is 0.0500. The molecule has 2 aromatic rings. The van der Waals surface area contributed by atoms with Gasteiger partial charge in [-0.25, -0.2) is 4.98 Å². The van der Waals surface area contributed by atoms with Crippen LogP contribution in [-0.2, 0) is 0 Å². The highest BCUT2D eigenvalue weighted by Crippen LogP contribution is 2.17. The molecular formula is C12H16N4OS. The fourth-order valence-corrected chi connectivity index (χ4v) is 3.06. The molecule has 0 radical (unpaired) electrons. The van der Waals surface area contributed by atoms with Crippen LogP contribution in [0.15, 0.2) is 11.6 Å². The molecule has 1 fully saturated rings. The molecule has 18 heavy (non-hydrogen) atoms. The number of nitrogens with zero attached hydrogens (tertiary/aromatic N) is 3. The van der Waals surface area contributed by atoms with Crippen molar-refractivity contribution in [3.05, 3.63) is 23.0 Å². The van der Waals surface area contributed by atoms with E-state index >= 15 is 0 Å². The normalized spacial score (nSPS) is 17.1. The van der Waals surface area contributed by atoms with E-state index < -0.39 is 0 Å². The summed E-state index contributed by atoms with van der Waals surface area (Å²) in [6, 6.07) is 0. The van der Waals surface area contributed by atoms with Crippen molar-refractivity contribution in [2.75, 3.05) is 26.2 Å². The summed E-state index contributed by atoms with van der Waals surface area (Å²) in [7, 11) is 0. The van der Waals surface area contributed by atoms with E-state index in [1.54, 1.807) is 11.3 Å². The second-order valence-electron chi connectivity index (χ2n) is 4.55. The van der Waals surface area contributed by atoms with Crippen molar-refractivity contribution in [1.82, 2.24) is 19.6 Å². The number of fused-ring (bicyclic) bond motifs is 1. The Hall–Kier alpha value is -1.40. The molecule has 0 saturated carbocycles. The van der Waals surface area contributed by atoms with E-state index in [-0.39, 0.29) is 5.91 Å². The Morgan fingerprint density at radius 1 is 1.44 bits per heavy atom. The Morgan fingerprint density at radius 3 is 3.17 bits per heavy atom. The maximum atomic E-state index is 12.4. The zero-order valence-electron chi connectivity index (χ0n) is 10.3. The number of thiazole rings is 1. The van der Waals surface area contributed by atoms with Gasteiger partial charge < -0.3 is 10.2 Å². The monoisotopic (exact) mass is 264 g/mol. The minimum Gasteiger partial charge on any atom is -0.336 e. The Labute approximate surface area is 109 Å². The molecule has 0 aliphatic carbocycles. The van der Waals surface area contributed by atoms with Gasteiger partial charge in [0, 0.05) is 36.9 Å². The molecule has 0 atom stereocenters. The van der Waals surface area contributed by atoms with E-state index in [9.17, 15) is 4.79 Å². The second kappa shape index (κ2) is 4.70. The highest BCUT2D eigenvalue weighted by molar-refractivity contribution is 7.15. The zero-order valence-corrected chi connectivity index (χ0v) is 11.2. The lowest BCUT2D eigenvalue weighted by Crippen LogP contribution is -2.34. The van der Waals surface area contributed by atoms with Crippen LogP contribution in [0.5, 0.6) is 0 Å². The molecule has 0 spiro atoms. The van der Waals surface area contributed by atoms with Gasteiger partial charge in [-0.15, -0.1) is 11.3 Å². The first kappa shape index (κ1) is 11.7. The molecule has 1 N–H and O–H groups in total. The molecule has 1 saturated heterocycles. The van der Waals surface area contributed by atoms with Gasteiger partial charge in [0.2, 0.25) is 0 Å². The SMILES string of the molecule is Cc1csc2nc(C(=O)N3CCCNCC3)cn12. The first-order chi connectivity index (χ1) is 8.75. The lowest BCUT2D eigenvalue weighted by atomic mass is 10.3. The fraction of sp³-hybridized carbons (Fsp3) is 0.500. The Kier molecular flexibility index (Phi) is 3.05. The summed E-state index contributed by atoms with van der Waals surface area (Å²) in [5.74, 6) is 0.0500. The predicted octanol–water partition coefficient (Wildman–Crippen LogP) is 1.14. The third-order valence-electron chi connectivity index (χ3n) is 3.23. The van der Waals surface area contributed by atoms with Crippen molar-refractivity contribution in [3.63, 3.8) is 0 Å². The number of nitrogens with one attached hydrogen (secondary N) is 1. The molecule has 1 aliphatic rings. The van der Waals surface area contributed by atoms with Crippen LogP contribution in [0.3, 0.4) is 0 Å². The van der Waals surface area contributed by atoms with E-state index in [1.165, 1.54) is 0 Å². The van der Waals surface area contributed by atoms with Crippen LogP contribution in [-0.4, -0.2) is 46.4 Å². The van der Waals surface area contributed by atoms with E-state index in [1.807, 2.05) is 27.8 Å². The molecule has 3 rings (SSSR count). The lowest BCUT2D eigenvalue weighted by Gasteiger charge is -2.18. The van der Waals surface area contributed by atoms with Crippen LogP contribution < -0.4 is 5.32 Å². The number of carbonyl (C=O) groups excluding carboxylic acids is 1. The average molecular weight is 264 g/mol. The van der Waals surface area contributed by atoms with Crippen LogP contribution in [0.25, 0.3) is 4.96 Å². The van der Waals surface area contributed by atoms with Crippen molar-refractivity contribution >= 4 is 22.2 Å². The summed E-state index contributed by atoms with van der Waals surface area (Å²) in [4.78, 5) is 19.6. The van der Waals surface area contributed by atoms with Gasteiger partial charge in [-0.2, -0.15) is 0 Å². The first-order valence-corrected chi connectivity index (χ1v) is 7.07. The quantitative estimate of drug-likeness (QED) is 0.840. The third-order valence-corrected chi connectivity index (χ3v) is 4.19. The first-order valence-electron chi connectivity index (χ1n) is 6.19. The summed E-state index contributed by atoms with van der Waals surface area (Å²) >= 11 is 1.57. The summed E-state index contributed by atoms with van der Waals surface area (Å²) in [5.41, 5.74) is 1.69. The number of carbonyl (C=O) groups is 1. The maximum absolute atomic E-state index is 12.4. The summed E-state index contributed by atoms with van der Waals surface area (Å²) in [5, 5.41) is 5.34. The molecule has 1 aliphatic heterocycles. The van der Waals surface area contributed by atoms with Gasteiger partial charge in [0.15, 0.2) is 4.96 Å². The Morgan fingerprint density at radius 2 is 2.33 bits per heavy atom. The maximum Gasteiger partial charge on any atom is 0.274 e. The van der Waals surface area contributed by atoms with Gasteiger partial charge in [-0.1, -0.05) is 0 Å². The number of hydrogen-bond acceptors (Lipinski definition) is 4. The molecule has 0 aromatic carbocycles. The van der Waals surface area contributed by atoms with Crippen molar-refractivity contribution in [3.8, 4) is 0 Å². The Balaban J connectivity index is 1.86. The van der Waals surface area contributed by atoms with Gasteiger partial charge in [0.25, 0.3) is 5.91 Å². The average Bonchev–Trinajstić information content (AvgIpc) is 2.81. The topological polar surface area (TPSA) is 49.6 Å². The summed E-state index contributed by atoms with van der Waals surface area (Å²) < 4.78 is 1.98. The van der Waals surface area contributed by atoms with Crippen LogP contribution in [0.1, 0.15) is 22.6 Å². The lowest BCUT2D eigenvalue weighted by molar-refractivity contribution is 0.0761. The second-order valence-corrected chi connectivity index (χ2v) is 5.39. The predicted molar refractivity (Wildman–Crippen MR) is 71.2 cm³/mol. The summed E-state index contributed by atoms with van der Waals surface area (Å²) in [6.07, 6.45) is 2.86. The molecule has 2 aromatic heterocycles. The van der Waals surface area contributed by atoms with Crippen molar-refractivity contribution in [2.45, 2.75) is 13.3 Å². The fourth-order valence-electron chi connectivity index (χ4n) is 2.21. The highest BCUT2D eigenvalue weighted by atomic mass is 32.1. The van der Waals surface area contributed by atoms with E-state index in [0.717, 1.165) is 43.3 Å². The third kappa shape index (κ3) is 2.02. The van der Waals surface area contributed by atoms with Crippen LogP contribution in [0.2, 0.25) is 0 Å². The standard InChI is InChI=1S/C12H16N4OS/c1-9-8-18-12-14-10(7-16(9)12)11(17)15-5-2-3-13-4-6-15/h7-8,13H,2-6H2,1H3. The van der Waals surface area contributed by atoms with Gasteiger partial charge in [-0.3, -0.25) is 9.20 Å². The number of aromatic nitrogens is 2. The smallest absolute Gasteiger partial charge is 0.274 e. The zero-order chi connectivity index (χ0) is 12.5. The van der Waals surface area contributed by atoms with Crippen LogP contribution in [0, 0.1) is 6.92 Å². The number of aryl methyl sites for hydroxylation is 1.